The summed E-state index contributed by atoms with van der Waals surface area (Å²) in [5.41, 5.74) is 5.58. The topological polar surface area (TPSA) is 91.3 Å². The predicted molar refractivity (Wildman–Crippen MR) is 65.5 cm³/mol. The molecule has 0 aliphatic heterocycles. The lowest BCUT2D eigenvalue weighted by Gasteiger charge is -2.09. The molecule has 5 nitrogen and oxygen atoms in total. The number of amides is 1. The number of hydrogen-bond donors (Lipinski definition) is 3. The monoisotopic (exact) mass is 248 g/mol. The maximum absolute atomic E-state index is 11.5. The molecule has 0 aromatic carbocycles. The van der Waals surface area contributed by atoms with E-state index < -0.39 is 11.9 Å². The van der Waals surface area contributed by atoms with E-state index in [4.69, 9.17) is 22.7 Å². The zero-order valence-electron chi connectivity index (χ0n) is 8.50. The first kappa shape index (κ1) is 14.2. The molecule has 1 atom stereocenters. The van der Waals surface area contributed by atoms with Crippen molar-refractivity contribution in [1.82, 2.24) is 5.32 Å². The number of carbonyl (C=O) groups is 1. The zero-order chi connectivity index (χ0) is 12.0. The van der Waals surface area contributed by atoms with Crippen LogP contribution in [-0.2, 0) is 4.79 Å². The Morgan fingerprint density at radius 2 is 2.27 bits per heavy atom. The van der Waals surface area contributed by atoms with Crippen molar-refractivity contribution in [3.05, 3.63) is 11.7 Å². The molecule has 0 radical (unpaired) electrons. The van der Waals surface area contributed by atoms with E-state index in [1.807, 2.05) is 0 Å². The van der Waals surface area contributed by atoms with Crippen LogP contribution in [0.1, 0.15) is 6.92 Å². The van der Waals surface area contributed by atoms with Gasteiger partial charge in [0.1, 0.15) is 10.9 Å². The minimum atomic E-state index is -0.574. The summed E-state index contributed by atoms with van der Waals surface area (Å²) in [6, 6.07) is -0.574. The Morgan fingerprint density at radius 1 is 1.73 bits per heavy atom. The maximum atomic E-state index is 11.5. The fourth-order valence-electron chi connectivity index (χ4n) is 0.708. The number of thioether (sulfide) groups is 1. The quantitative estimate of drug-likeness (QED) is 0.394. The molecule has 0 saturated carbocycles. The van der Waals surface area contributed by atoms with Gasteiger partial charge in [-0.1, -0.05) is 29.9 Å². The summed E-state index contributed by atoms with van der Waals surface area (Å²) in [4.78, 5) is 15.2. The van der Waals surface area contributed by atoms with E-state index >= 15 is 0 Å². The highest BCUT2D eigenvalue weighted by Crippen LogP contribution is 2.01. The molecule has 1 amide bonds. The van der Waals surface area contributed by atoms with Gasteiger partial charge >= 0.3 is 0 Å². The number of rotatable bonds is 3. The number of nitrogens with zero attached hydrogens (tertiary/aromatic N) is 1. The van der Waals surface area contributed by atoms with Crippen molar-refractivity contribution in [3.63, 3.8) is 0 Å². The lowest BCUT2D eigenvalue weighted by atomic mass is 10.2. The average molecular weight is 249 g/mol. The van der Waals surface area contributed by atoms with Crippen molar-refractivity contribution in [2.45, 2.75) is 13.0 Å². The Bertz CT molecular complexity index is 314. The summed E-state index contributed by atoms with van der Waals surface area (Å²) in [5.74, 6) is -0.536. The third kappa shape index (κ3) is 5.56. The maximum Gasteiger partial charge on any atom is 0.273 e. The van der Waals surface area contributed by atoms with E-state index in [9.17, 15) is 4.79 Å². The van der Waals surface area contributed by atoms with Crippen molar-refractivity contribution in [2.75, 3.05) is 6.26 Å². The van der Waals surface area contributed by atoms with E-state index in [-0.39, 0.29) is 16.0 Å². The van der Waals surface area contributed by atoms with Crippen LogP contribution in [0.4, 0.5) is 0 Å². The van der Waals surface area contributed by atoms with Gasteiger partial charge in [-0.2, -0.15) is 0 Å². The van der Waals surface area contributed by atoms with Crippen LogP contribution in [0.25, 0.3) is 0 Å². The molecule has 0 aromatic heterocycles. The second kappa shape index (κ2) is 6.60. The molecule has 0 heterocycles. The van der Waals surface area contributed by atoms with Gasteiger partial charge in [-0.15, -0.1) is 0 Å². The lowest BCUT2D eigenvalue weighted by molar-refractivity contribution is -0.113. The van der Waals surface area contributed by atoms with E-state index in [1.165, 1.54) is 0 Å². The SMILES string of the molecule is C=C(Cl)/N=C(/C(=O)NC(=N)SC)C(C)N. The molecule has 0 aromatic rings. The van der Waals surface area contributed by atoms with Crippen LogP contribution >= 0.6 is 23.4 Å². The first-order chi connectivity index (χ1) is 6.88. The molecular weight excluding hydrogens is 236 g/mol. The number of nitrogens with two attached hydrogens (primary N) is 1. The second-order valence-corrected chi connectivity index (χ2v) is 3.90. The summed E-state index contributed by atoms with van der Waals surface area (Å²) < 4.78 is 0. The molecular formula is C8H13ClN4OS. The highest BCUT2D eigenvalue weighted by Gasteiger charge is 2.16. The third-order valence-corrected chi connectivity index (χ3v) is 1.93. The van der Waals surface area contributed by atoms with Gasteiger partial charge in [0, 0.05) is 6.04 Å². The zero-order valence-corrected chi connectivity index (χ0v) is 10.1. The third-order valence-electron chi connectivity index (χ3n) is 1.34. The van der Waals surface area contributed by atoms with Gasteiger partial charge in [0.2, 0.25) is 0 Å². The smallest absolute Gasteiger partial charge is 0.273 e. The van der Waals surface area contributed by atoms with Crippen molar-refractivity contribution >= 4 is 40.1 Å². The molecule has 0 bridgehead atoms. The van der Waals surface area contributed by atoms with Gasteiger partial charge in [-0.3, -0.25) is 10.2 Å². The number of halogens is 1. The summed E-state index contributed by atoms with van der Waals surface area (Å²) in [6.07, 6.45) is 1.67. The van der Waals surface area contributed by atoms with Crippen LogP contribution < -0.4 is 11.1 Å². The largest absolute Gasteiger partial charge is 0.323 e. The summed E-state index contributed by atoms with van der Waals surface area (Å²) >= 11 is 6.56. The van der Waals surface area contributed by atoms with Gasteiger partial charge in [-0.25, -0.2) is 4.99 Å². The molecule has 0 saturated heterocycles. The molecule has 4 N–H and O–H groups in total. The number of hydrogen-bond acceptors (Lipinski definition) is 5. The number of aliphatic imine (C=N–C) groups is 1. The Balaban J connectivity index is 4.73. The fourth-order valence-corrected chi connectivity index (χ4v) is 0.994. The molecule has 1 unspecified atom stereocenters. The van der Waals surface area contributed by atoms with Crippen LogP contribution in [-0.4, -0.2) is 29.1 Å². The molecule has 0 fully saturated rings. The summed E-state index contributed by atoms with van der Waals surface area (Å²) in [6.45, 7) is 4.94. The van der Waals surface area contributed by atoms with Gasteiger partial charge in [-0.05, 0) is 13.2 Å². The Hall–Kier alpha value is -0.850. The minimum Gasteiger partial charge on any atom is -0.323 e. The van der Waals surface area contributed by atoms with E-state index in [1.54, 1.807) is 13.2 Å². The molecule has 0 rings (SSSR count). The Morgan fingerprint density at radius 3 is 2.60 bits per heavy atom. The van der Waals surface area contributed by atoms with Crippen molar-refractivity contribution < 1.29 is 4.79 Å². The Kier molecular flexibility index (Phi) is 6.23. The molecule has 0 aliphatic rings. The predicted octanol–water partition coefficient (Wildman–Crippen LogP) is 0.899. The molecule has 7 heteroatoms. The van der Waals surface area contributed by atoms with Crippen molar-refractivity contribution in [1.29, 1.82) is 5.41 Å². The van der Waals surface area contributed by atoms with E-state index in [0.29, 0.717) is 0 Å². The van der Waals surface area contributed by atoms with Crippen LogP contribution in [0.3, 0.4) is 0 Å². The molecule has 84 valence electrons. The first-order valence-electron chi connectivity index (χ1n) is 4.01. The van der Waals surface area contributed by atoms with Crippen LogP contribution in [0.2, 0.25) is 0 Å². The normalized spacial score (nSPS) is 13.2. The molecule has 0 spiro atoms. The van der Waals surface area contributed by atoms with Gasteiger partial charge < -0.3 is 11.1 Å². The van der Waals surface area contributed by atoms with Gasteiger partial charge in [0.05, 0.1) is 0 Å². The fraction of sp³-hybridized carbons (Fsp3) is 0.375. The van der Waals surface area contributed by atoms with Crippen LogP contribution in [0.5, 0.6) is 0 Å². The number of amidine groups is 1. The Labute approximate surface area is 97.7 Å². The second-order valence-electron chi connectivity index (χ2n) is 2.65. The molecule has 0 aliphatic carbocycles. The first-order valence-corrected chi connectivity index (χ1v) is 5.61. The van der Waals surface area contributed by atoms with E-state index in [2.05, 4.69) is 16.9 Å². The standard InChI is InChI=1S/C8H13ClN4OS/c1-4(10)6(12-5(2)9)7(14)13-8(11)15-3/h4H,2,10H2,1,3H3,(H2,11,13,14)/b12-6+. The summed E-state index contributed by atoms with van der Waals surface area (Å²) in [7, 11) is 0. The number of nitrogens with one attached hydrogen (secondary N) is 2. The lowest BCUT2D eigenvalue weighted by Crippen LogP contribution is -2.42. The number of carbonyl (C=O) groups excluding carboxylic acids is 1. The van der Waals surface area contributed by atoms with Crippen molar-refractivity contribution in [3.8, 4) is 0 Å². The highest BCUT2D eigenvalue weighted by atomic mass is 35.5. The van der Waals surface area contributed by atoms with Gasteiger partial charge in [0.15, 0.2) is 5.17 Å². The van der Waals surface area contributed by atoms with E-state index in [0.717, 1.165) is 11.8 Å². The highest BCUT2D eigenvalue weighted by molar-refractivity contribution is 8.13. The summed E-state index contributed by atoms with van der Waals surface area (Å²) in [5, 5.41) is 9.58. The minimum absolute atomic E-state index is 0.0202. The van der Waals surface area contributed by atoms with Crippen LogP contribution in [0, 0.1) is 5.41 Å². The van der Waals surface area contributed by atoms with Crippen LogP contribution in [0.15, 0.2) is 16.7 Å². The van der Waals surface area contributed by atoms with Crippen molar-refractivity contribution in [2.24, 2.45) is 10.7 Å². The van der Waals surface area contributed by atoms with Gasteiger partial charge in [0.25, 0.3) is 5.91 Å². The average Bonchev–Trinajstić information content (AvgIpc) is 2.12. The molecule has 15 heavy (non-hydrogen) atoms.